The van der Waals surface area contributed by atoms with E-state index in [0.717, 1.165) is 43.2 Å². The number of pyridine rings is 1. The lowest BCUT2D eigenvalue weighted by Crippen LogP contribution is -2.46. The van der Waals surface area contributed by atoms with E-state index in [-0.39, 0.29) is 17.3 Å². The fourth-order valence-electron chi connectivity index (χ4n) is 4.04. The first-order chi connectivity index (χ1) is 16.8. The zero-order valence-electron chi connectivity index (χ0n) is 19.6. The lowest BCUT2D eigenvalue weighted by Gasteiger charge is -2.36. The molecule has 1 fully saturated rings. The van der Waals surface area contributed by atoms with Gasteiger partial charge in [-0.2, -0.15) is 0 Å². The molecule has 0 bridgehead atoms. The first kappa shape index (κ1) is 24.6. The van der Waals surface area contributed by atoms with Crippen LogP contribution in [0, 0.1) is 12.7 Å². The van der Waals surface area contributed by atoms with Crippen LogP contribution in [0.2, 0.25) is 0 Å². The summed E-state index contributed by atoms with van der Waals surface area (Å²) in [5.74, 6) is 0.00396. The number of hydrogen-bond acceptors (Lipinski definition) is 7. The van der Waals surface area contributed by atoms with E-state index in [2.05, 4.69) is 24.2 Å². The zero-order valence-corrected chi connectivity index (χ0v) is 20.4. The Morgan fingerprint density at radius 3 is 2.37 bits per heavy atom. The van der Waals surface area contributed by atoms with Crippen molar-refractivity contribution in [2.45, 2.75) is 18.4 Å². The minimum absolute atomic E-state index is 0.103. The Balaban J connectivity index is 1.39. The molecule has 35 heavy (non-hydrogen) atoms. The average molecular weight is 499 g/mol. The quantitative estimate of drug-likeness (QED) is 0.501. The van der Waals surface area contributed by atoms with E-state index in [1.165, 1.54) is 37.4 Å². The van der Waals surface area contributed by atoms with Crippen LogP contribution in [-0.2, 0) is 21.3 Å². The number of aromatic nitrogens is 1. The second kappa shape index (κ2) is 10.4. The molecule has 0 radical (unpaired) electrons. The number of rotatable bonds is 7. The van der Waals surface area contributed by atoms with Crippen molar-refractivity contribution in [3.05, 3.63) is 83.3 Å². The Labute approximate surface area is 204 Å². The highest BCUT2D eigenvalue weighted by molar-refractivity contribution is 7.89. The SMILES string of the molecule is COC(=O)c1ccc(S(=O)(=O)NCc2ccnc(N3CCN(c4ccc(F)cc4)CC3)c2)c(C)c1. The number of carbonyl (C=O) groups excluding carboxylic acids is 1. The van der Waals surface area contributed by atoms with Gasteiger partial charge in [0.1, 0.15) is 11.6 Å². The van der Waals surface area contributed by atoms with E-state index >= 15 is 0 Å². The standard InChI is InChI=1S/C25H27FN4O4S/c1-18-15-20(25(31)34-2)3-8-23(18)35(32,33)28-17-19-9-10-27-24(16-19)30-13-11-29(12-14-30)22-6-4-21(26)5-7-22/h3-10,15-16,28H,11-14,17H2,1-2H3. The third-order valence-electron chi connectivity index (χ3n) is 5.96. The first-order valence-electron chi connectivity index (χ1n) is 11.2. The van der Waals surface area contributed by atoms with Gasteiger partial charge in [0.05, 0.1) is 17.6 Å². The summed E-state index contributed by atoms with van der Waals surface area (Å²) < 4.78 is 46.3. The van der Waals surface area contributed by atoms with Crippen LogP contribution in [0.3, 0.4) is 0 Å². The molecule has 0 aliphatic carbocycles. The normalized spacial score (nSPS) is 14.1. The third-order valence-corrected chi connectivity index (χ3v) is 7.52. The maximum Gasteiger partial charge on any atom is 0.337 e. The van der Waals surface area contributed by atoms with Crippen molar-refractivity contribution in [1.82, 2.24) is 9.71 Å². The molecule has 1 aromatic heterocycles. The minimum atomic E-state index is -3.79. The number of piperazine rings is 1. The molecule has 3 aromatic rings. The van der Waals surface area contributed by atoms with Crippen LogP contribution in [0.15, 0.2) is 65.7 Å². The van der Waals surface area contributed by atoms with E-state index in [9.17, 15) is 17.6 Å². The van der Waals surface area contributed by atoms with E-state index in [4.69, 9.17) is 0 Å². The molecule has 1 saturated heterocycles. The molecule has 0 unspecified atom stereocenters. The van der Waals surface area contributed by atoms with Crippen LogP contribution in [0.4, 0.5) is 15.9 Å². The number of benzene rings is 2. The maximum absolute atomic E-state index is 13.2. The molecule has 2 heterocycles. The summed E-state index contributed by atoms with van der Waals surface area (Å²) in [6.45, 7) is 4.76. The van der Waals surface area contributed by atoms with Crippen LogP contribution < -0.4 is 14.5 Å². The summed E-state index contributed by atoms with van der Waals surface area (Å²) in [7, 11) is -2.51. The molecule has 2 aromatic carbocycles. The summed E-state index contributed by atoms with van der Waals surface area (Å²) in [5, 5.41) is 0. The Kier molecular flexibility index (Phi) is 7.32. The molecule has 1 aliphatic heterocycles. The number of hydrogen-bond donors (Lipinski definition) is 1. The second-order valence-electron chi connectivity index (χ2n) is 8.27. The Morgan fingerprint density at radius 1 is 1.03 bits per heavy atom. The fourth-order valence-corrected chi connectivity index (χ4v) is 5.28. The van der Waals surface area contributed by atoms with Gasteiger partial charge in [-0.1, -0.05) is 0 Å². The second-order valence-corrected chi connectivity index (χ2v) is 10.0. The zero-order chi connectivity index (χ0) is 25.0. The Bertz CT molecular complexity index is 1310. The molecule has 8 nitrogen and oxygen atoms in total. The molecule has 0 amide bonds. The van der Waals surface area contributed by atoms with Crippen LogP contribution >= 0.6 is 0 Å². The summed E-state index contributed by atoms with van der Waals surface area (Å²) in [5.41, 5.74) is 2.51. The molecule has 0 spiro atoms. The monoisotopic (exact) mass is 498 g/mol. The van der Waals surface area contributed by atoms with Gasteiger partial charge in [0.2, 0.25) is 10.0 Å². The van der Waals surface area contributed by atoms with Gasteiger partial charge in [-0.15, -0.1) is 0 Å². The molecule has 1 aliphatic rings. The number of nitrogens with zero attached hydrogens (tertiary/aromatic N) is 3. The lowest BCUT2D eigenvalue weighted by molar-refractivity contribution is 0.0600. The largest absolute Gasteiger partial charge is 0.465 e. The van der Waals surface area contributed by atoms with Gasteiger partial charge in [-0.3, -0.25) is 0 Å². The van der Waals surface area contributed by atoms with Crippen LogP contribution in [0.1, 0.15) is 21.5 Å². The summed E-state index contributed by atoms with van der Waals surface area (Å²) in [6.07, 6.45) is 1.67. The summed E-state index contributed by atoms with van der Waals surface area (Å²) >= 11 is 0. The average Bonchev–Trinajstić information content (AvgIpc) is 2.87. The molecule has 10 heteroatoms. The smallest absolute Gasteiger partial charge is 0.337 e. The van der Waals surface area contributed by atoms with Crippen molar-refractivity contribution < 1.29 is 22.3 Å². The molecule has 4 rings (SSSR count). The number of ether oxygens (including phenoxy) is 1. The van der Waals surface area contributed by atoms with Crippen molar-refractivity contribution in [3.8, 4) is 0 Å². The van der Waals surface area contributed by atoms with Gasteiger partial charge in [-0.05, 0) is 72.6 Å². The van der Waals surface area contributed by atoms with Gasteiger partial charge < -0.3 is 14.5 Å². The Morgan fingerprint density at radius 2 is 1.71 bits per heavy atom. The highest BCUT2D eigenvalue weighted by atomic mass is 32.2. The minimum Gasteiger partial charge on any atom is -0.465 e. The number of carbonyl (C=O) groups is 1. The number of methoxy groups -OCH3 is 1. The fraction of sp³-hybridized carbons (Fsp3) is 0.280. The van der Waals surface area contributed by atoms with Crippen molar-refractivity contribution in [2.75, 3.05) is 43.1 Å². The number of esters is 1. The van der Waals surface area contributed by atoms with Crippen LogP contribution in [0.5, 0.6) is 0 Å². The molecular weight excluding hydrogens is 471 g/mol. The van der Waals surface area contributed by atoms with Crippen LogP contribution in [0.25, 0.3) is 0 Å². The highest BCUT2D eigenvalue weighted by Crippen LogP contribution is 2.21. The molecule has 0 saturated carbocycles. The third kappa shape index (κ3) is 5.77. The molecule has 1 N–H and O–H groups in total. The molecular formula is C25H27FN4O4S. The molecule has 184 valence electrons. The molecule has 0 atom stereocenters. The number of sulfonamides is 1. The first-order valence-corrected chi connectivity index (χ1v) is 12.6. The predicted octanol–water partition coefficient (Wildman–Crippen LogP) is 3.12. The number of nitrogens with one attached hydrogen (secondary N) is 1. The summed E-state index contributed by atoms with van der Waals surface area (Å²) in [6, 6.07) is 14.5. The van der Waals surface area contributed by atoms with Crippen molar-refractivity contribution >= 4 is 27.5 Å². The van der Waals surface area contributed by atoms with Crippen molar-refractivity contribution in [3.63, 3.8) is 0 Å². The number of aryl methyl sites for hydroxylation is 1. The van der Waals surface area contributed by atoms with Crippen molar-refractivity contribution in [1.29, 1.82) is 0 Å². The topological polar surface area (TPSA) is 91.8 Å². The van der Waals surface area contributed by atoms with Crippen LogP contribution in [-0.4, -0.2) is 52.7 Å². The summed E-state index contributed by atoms with van der Waals surface area (Å²) in [4.78, 5) is 20.6. The van der Waals surface area contributed by atoms with Gasteiger partial charge in [0, 0.05) is 44.6 Å². The Hall–Kier alpha value is -3.50. The van der Waals surface area contributed by atoms with Gasteiger partial charge in [0.25, 0.3) is 0 Å². The van der Waals surface area contributed by atoms with E-state index in [1.807, 2.05) is 6.07 Å². The van der Waals surface area contributed by atoms with E-state index in [1.54, 1.807) is 31.3 Å². The lowest BCUT2D eigenvalue weighted by atomic mass is 10.1. The number of anilines is 2. The maximum atomic E-state index is 13.2. The van der Waals surface area contributed by atoms with Gasteiger partial charge in [-0.25, -0.2) is 27.3 Å². The van der Waals surface area contributed by atoms with Gasteiger partial charge in [0.15, 0.2) is 0 Å². The predicted molar refractivity (Wildman–Crippen MR) is 132 cm³/mol. The van der Waals surface area contributed by atoms with E-state index < -0.39 is 16.0 Å². The number of halogens is 1. The highest BCUT2D eigenvalue weighted by Gasteiger charge is 2.20. The van der Waals surface area contributed by atoms with Gasteiger partial charge >= 0.3 is 5.97 Å². The van der Waals surface area contributed by atoms with E-state index in [0.29, 0.717) is 11.1 Å². The van der Waals surface area contributed by atoms with Crippen molar-refractivity contribution in [2.24, 2.45) is 0 Å².